The average molecular weight is 182 g/mol. The van der Waals surface area contributed by atoms with Gasteiger partial charge in [0, 0.05) is 6.42 Å². The predicted molar refractivity (Wildman–Crippen MR) is 49.1 cm³/mol. The third kappa shape index (κ3) is 3.68. The van der Waals surface area contributed by atoms with Crippen molar-refractivity contribution >= 4 is 11.7 Å². The van der Waals surface area contributed by atoms with Gasteiger partial charge in [-0.3, -0.25) is 4.79 Å². The Bertz CT molecular complexity index is 255. The van der Waals surface area contributed by atoms with Crippen LogP contribution in [0.5, 0.6) is 0 Å². The molecule has 0 spiro atoms. The second-order valence-electron chi connectivity index (χ2n) is 3.34. The van der Waals surface area contributed by atoms with Gasteiger partial charge >= 0.3 is 0 Å². The summed E-state index contributed by atoms with van der Waals surface area (Å²) < 4.78 is 0. The fourth-order valence-corrected chi connectivity index (χ4v) is 0.887. The van der Waals surface area contributed by atoms with Crippen LogP contribution in [0.1, 0.15) is 26.7 Å². The molecule has 72 valence electrons. The summed E-state index contributed by atoms with van der Waals surface area (Å²) in [5.74, 6) is 1.01. The summed E-state index contributed by atoms with van der Waals surface area (Å²) in [4.78, 5) is 11.2. The first kappa shape index (κ1) is 9.70. The summed E-state index contributed by atoms with van der Waals surface area (Å²) >= 11 is 0. The molecule has 0 saturated carbocycles. The lowest BCUT2D eigenvalue weighted by molar-refractivity contribution is -0.116. The Morgan fingerprint density at radius 2 is 2.46 bits per heavy atom. The van der Waals surface area contributed by atoms with Crippen LogP contribution in [0.15, 0.2) is 6.20 Å². The van der Waals surface area contributed by atoms with Gasteiger partial charge in [-0.25, -0.2) is 0 Å². The zero-order chi connectivity index (χ0) is 9.68. The lowest BCUT2D eigenvalue weighted by Gasteiger charge is -2.03. The van der Waals surface area contributed by atoms with Gasteiger partial charge in [0.25, 0.3) is 0 Å². The maximum Gasteiger partial charge on any atom is 0.225 e. The van der Waals surface area contributed by atoms with Gasteiger partial charge in [0.05, 0.1) is 6.20 Å². The van der Waals surface area contributed by atoms with Gasteiger partial charge in [0.1, 0.15) is 0 Å². The van der Waals surface area contributed by atoms with E-state index >= 15 is 0 Å². The highest BCUT2D eigenvalue weighted by molar-refractivity contribution is 5.89. The molecule has 5 heteroatoms. The topological polar surface area (TPSA) is 70.7 Å². The molecule has 2 N–H and O–H groups in total. The Labute approximate surface area is 76.9 Å². The smallest absolute Gasteiger partial charge is 0.225 e. The van der Waals surface area contributed by atoms with Gasteiger partial charge in [0.15, 0.2) is 5.82 Å². The zero-order valence-electron chi connectivity index (χ0n) is 7.87. The minimum Gasteiger partial charge on any atom is -0.308 e. The largest absolute Gasteiger partial charge is 0.308 e. The van der Waals surface area contributed by atoms with Crippen molar-refractivity contribution in [2.24, 2.45) is 5.92 Å². The number of carbonyl (C=O) groups is 1. The SMILES string of the molecule is CC(C)CCC(=O)Nc1cn[nH]n1. The van der Waals surface area contributed by atoms with Gasteiger partial charge in [-0.1, -0.05) is 13.8 Å². The van der Waals surface area contributed by atoms with E-state index in [9.17, 15) is 4.79 Å². The molecule has 1 aromatic rings. The number of nitrogens with one attached hydrogen (secondary N) is 2. The van der Waals surface area contributed by atoms with Crippen LogP contribution in [0.3, 0.4) is 0 Å². The van der Waals surface area contributed by atoms with Crippen LogP contribution >= 0.6 is 0 Å². The molecule has 1 aromatic heterocycles. The van der Waals surface area contributed by atoms with Gasteiger partial charge in [-0.2, -0.15) is 10.3 Å². The Morgan fingerprint density at radius 1 is 1.69 bits per heavy atom. The van der Waals surface area contributed by atoms with E-state index in [0.29, 0.717) is 18.2 Å². The normalized spacial score (nSPS) is 10.4. The van der Waals surface area contributed by atoms with E-state index in [2.05, 4.69) is 34.6 Å². The maximum absolute atomic E-state index is 11.2. The lowest BCUT2D eigenvalue weighted by Crippen LogP contribution is -2.12. The standard InChI is InChI=1S/C8H14N4O/c1-6(2)3-4-8(13)10-7-5-9-12-11-7/h5-6H,3-4H2,1-2H3,(H2,9,10,11,12,13). The van der Waals surface area contributed by atoms with Crippen LogP contribution in [0.2, 0.25) is 0 Å². The van der Waals surface area contributed by atoms with Crippen molar-refractivity contribution in [2.45, 2.75) is 26.7 Å². The molecule has 0 aromatic carbocycles. The van der Waals surface area contributed by atoms with Gasteiger partial charge < -0.3 is 5.32 Å². The monoisotopic (exact) mass is 182 g/mol. The van der Waals surface area contributed by atoms with E-state index in [0.717, 1.165) is 6.42 Å². The molecule has 1 rings (SSSR count). The Balaban J connectivity index is 2.26. The van der Waals surface area contributed by atoms with Crippen LogP contribution in [-0.4, -0.2) is 21.3 Å². The second kappa shape index (κ2) is 4.59. The van der Waals surface area contributed by atoms with Gasteiger partial charge in [0.2, 0.25) is 5.91 Å². The van der Waals surface area contributed by atoms with E-state index in [4.69, 9.17) is 0 Å². The first-order valence-electron chi connectivity index (χ1n) is 4.34. The van der Waals surface area contributed by atoms with Crippen LogP contribution in [-0.2, 0) is 4.79 Å². The molecule has 0 aliphatic carbocycles. The molecular weight excluding hydrogens is 168 g/mol. The minimum absolute atomic E-state index is 0.0115. The maximum atomic E-state index is 11.2. The Kier molecular flexibility index (Phi) is 3.42. The summed E-state index contributed by atoms with van der Waals surface area (Å²) in [5.41, 5.74) is 0. The summed E-state index contributed by atoms with van der Waals surface area (Å²) in [6.07, 6.45) is 2.90. The molecular formula is C8H14N4O. The molecule has 0 aliphatic heterocycles. The third-order valence-corrected chi connectivity index (χ3v) is 1.63. The molecule has 0 atom stereocenters. The highest BCUT2D eigenvalue weighted by atomic mass is 16.1. The molecule has 0 saturated heterocycles. The van der Waals surface area contributed by atoms with Crippen molar-refractivity contribution in [1.29, 1.82) is 0 Å². The summed E-state index contributed by atoms with van der Waals surface area (Å²) in [5, 5.41) is 12.4. The molecule has 0 aliphatic rings. The number of H-pyrrole nitrogens is 1. The molecule has 5 nitrogen and oxygen atoms in total. The lowest BCUT2D eigenvalue weighted by atomic mass is 10.1. The number of anilines is 1. The molecule has 0 radical (unpaired) electrons. The second-order valence-corrected chi connectivity index (χ2v) is 3.34. The summed E-state index contributed by atoms with van der Waals surface area (Å²) in [7, 11) is 0. The van der Waals surface area contributed by atoms with Crippen molar-refractivity contribution in [1.82, 2.24) is 15.4 Å². The first-order valence-corrected chi connectivity index (χ1v) is 4.34. The number of aromatic nitrogens is 3. The number of hydrogen-bond acceptors (Lipinski definition) is 3. The number of aromatic amines is 1. The van der Waals surface area contributed by atoms with Crippen LogP contribution < -0.4 is 5.32 Å². The van der Waals surface area contributed by atoms with Crippen molar-refractivity contribution in [3.8, 4) is 0 Å². The molecule has 1 amide bonds. The third-order valence-electron chi connectivity index (χ3n) is 1.63. The molecule has 1 heterocycles. The van der Waals surface area contributed by atoms with E-state index in [1.165, 1.54) is 6.20 Å². The van der Waals surface area contributed by atoms with E-state index in [-0.39, 0.29) is 5.91 Å². The first-order chi connectivity index (χ1) is 6.18. The Morgan fingerprint density at radius 3 is 3.00 bits per heavy atom. The fourth-order valence-electron chi connectivity index (χ4n) is 0.887. The molecule has 0 fully saturated rings. The fraction of sp³-hybridized carbons (Fsp3) is 0.625. The highest BCUT2D eigenvalue weighted by Gasteiger charge is 2.04. The highest BCUT2D eigenvalue weighted by Crippen LogP contribution is 2.05. The van der Waals surface area contributed by atoms with E-state index in [1.807, 2.05) is 0 Å². The zero-order valence-corrected chi connectivity index (χ0v) is 7.87. The van der Waals surface area contributed by atoms with Crippen molar-refractivity contribution < 1.29 is 4.79 Å². The number of hydrogen-bond donors (Lipinski definition) is 2. The van der Waals surface area contributed by atoms with Crippen LogP contribution in [0.4, 0.5) is 5.82 Å². The minimum atomic E-state index is -0.0115. The van der Waals surface area contributed by atoms with E-state index < -0.39 is 0 Å². The van der Waals surface area contributed by atoms with E-state index in [1.54, 1.807) is 0 Å². The summed E-state index contributed by atoms with van der Waals surface area (Å²) in [6.45, 7) is 4.17. The van der Waals surface area contributed by atoms with Crippen molar-refractivity contribution in [3.05, 3.63) is 6.20 Å². The van der Waals surface area contributed by atoms with Crippen molar-refractivity contribution in [3.63, 3.8) is 0 Å². The number of amides is 1. The number of rotatable bonds is 4. The average Bonchev–Trinajstić information content (AvgIpc) is 2.53. The summed E-state index contributed by atoms with van der Waals surface area (Å²) in [6, 6.07) is 0. The van der Waals surface area contributed by atoms with Crippen LogP contribution in [0.25, 0.3) is 0 Å². The number of nitrogens with zero attached hydrogens (tertiary/aromatic N) is 2. The molecule has 0 bridgehead atoms. The van der Waals surface area contributed by atoms with Crippen molar-refractivity contribution in [2.75, 3.05) is 5.32 Å². The Hall–Kier alpha value is -1.39. The quantitative estimate of drug-likeness (QED) is 0.734. The predicted octanol–water partition coefficient (Wildman–Crippen LogP) is 1.18. The van der Waals surface area contributed by atoms with Gasteiger partial charge in [-0.15, -0.1) is 5.10 Å². The molecule has 0 unspecified atom stereocenters. The van der Waals surface area contributed by atoms with Crippen LogP contribution in [0, 0.1) is 5.92 Å². The molecule has 13 heavy (non-hydrogen) atoms. The van der Waals surface area contributed by atoms with Gasteiger partial charge in [-0.05, 0) is 12.3 Å². The number of carbonyl (C=O) groups excluding carboxylic acids is 1.